The van der Waals surface area contributed by atoms with E-state index in [2.05, 4.69) is 6.07 Å². The molecule has 4 nitrogen and oxygen atoms in total. The second-order valence-corrected chi connectivity index (χ2v) is 4.62. The van der Waals surface area contributed by atoms with Crippen molar-refractivity contribution in [2.75, 3.05) is 12.3 Å². The molecular formula is C13H15FN2O2. The molecule has 1 aromatic carbocycles. The molecule has 5 heteroatoms. The highest BCUT2D eigenvalue weighted by molar-refractivity contribution is 5.90. The summed E-state index contributed by atoms with van der Waals surface area (Å²) in [4.78, 5) is 11.6. The molecule has 0 spiro atoms. The lowest BCUT2D eigenvalue weighted by atomic mass is 9.92. The van der Waals surface area contributed by atoms with Gasteiger partial charge in [-0.2, -0.15) is 5.26 Å². The molecule has 0 aromatic heterocycles. The Balaban J connectivity index is 2.59. The maximum absolute atomic E-state index is 13.4. The van der Waals surface area contributed by atoms with Gasteiger partial charge in [0.2, 0.25) is 0 Å². The molecule has 0 aliphatic rings. The normalized spacial score (nSPS) is 10.8. The number of ether oxygens (including phenoxy) is 1. The van der Waals surface area contributed by atoms with Gasteiger partial charge in [0.25, 0.3) is 0 Å². The predicted octanol–water partition coefficient (Wildman–Crippen LogP) is 2.50. The molecule has 0 bridgehead atoms. The lowest BCUT2D eigenvalue weighted by Gasteiger charge is -2.14. The minimum absolute atomic E-state index is 0.0726. The third-order valence-corrected chi connectivity index (χ3v) is 2.48. The van der Waals surface area contributed by atoms with Crippen LogP contribution in [0.15, 0.2) is 18.2 Å². The number of nitrogens with two attached hydrogens (primary N) is 1. The van der Waals surface area contributed by atoms with Gasteiger partial charge in [-0.3, -0.25) is 0 Å². The van der Waals surface area contributed by atoms with Gasteiger partial charge < -0.3 is 10.5 Å². The van der Waals surface area contributed by atoms with Gasteiger partial charge in [-0.1, -0.05) is 0 Å². The summed E-state index contributed by atoms with van der Waals surface area (Å²) in [6, 6.07) is 5.87. The number of nitriles is 1. The minimum Gasteiger partial charge on any atom is -0.462 e. The van der Waals surface area contributed by atoms with Crippen molar-refractivity contribution in [3.63, 3.8) is 0 Å². The Morgan fingerprint density at radius 1 is 1.56 bits per heavy atom. The molecule has 18 heavy (non-hydrogen) atoms. The first-order valence-electron chi connectivity index (χ1n) is 5.49. The highest BCUT2D eigenvalue weighted by atomic mass is 19.1. The molecule has 0 fully saturated rings. The first-order chi connectivity index (χ1) is 8.35. The van der Waals surface area contributed by atoms with Gasteiger partial charge >= 0.3 is 5.97 Å². The van der Waals surface area contributed by atoms with Crippen LogP contribution in [0.3, 0.4) is 0 Å². The average Bonchev–Trinajstić information content (AvgIpc) is 2.28. The second kappa shape index (κ2) is 5.50. The van der Waals surface area contributed by atoms with E-state index < -0.39 is 17.2 Å². The van der Waals surface area contributed by atoms with Crippen LogP contribution < -0.4 is 5.73 Å². The summed E-state index contributed by atoms with van der Waals surface area (Å²) in [6.45, 7) is 3.55. The monoisotopic (exact) mass is 250 g/mol. The second-order valence-electron chi connectivity index (χ2n) is 4.62. The number of hydrogen-bond donors (Lipinski definition) is 1. The maximum Gasteiger partial charge on any atom is 0.341 e. The van der Waals surface area contributed by atoms with E-state index in [9.17, 15) is 9.18 Å². The zero-order valence-corrected chi connectivity index (χ0v) is 10.4. The Morgan fingerprint density at radius 2 is 2.22 bits per heavy atom. The Hall–Kier alpha value is -2.09. The van der Waals surface area contributed by atoms with Gasteiger partial charge in [-0.15, -0.1) is 0 Å². The third-order valence-electron chi connectivity index (χ3n) is 2.48. The fraction of sp³-hybridized carbons (Fsp3) is 0.385. The van der Waals surface area contributed by atoms with Crippen LogP contribution >= 0.6 is 0 Å². The Bertz CT molecular complexity index is 492. The van der Waals surface area contributed by atoms with Crippen LogP contribution in [0, 0.1) is 22.6 Å². The van der Waals surface area contributed by atoms with Gasteiger partial charge in [0.05, 0.1) is 23.7 Å². The van der Waals surface area contributed by atoms with Gasteiger partial charge in [0.1, 0.15) is 5.82 Å². The molecule has 0 aliphatic heterocycles. The van der Waals surface area contributed by atoms with Crippen molar-refractivity contribution in [1.29, 1.82) is 5.26 Å². The zero-order chi connectivity index (χ0) is 13.8. The molecule has 2 N–H and O–H groups in total. The number of carbonyl (C=O) groups is 1. The third kappa shape index (κ3) is 3.74. The van der Waals surface area contributed by atoms with E-state index in [1.807, 2.05) is 0 Å². The van der Waals surface area contributed by atoms with Crippen molar-refractivity contribution in [2.24, 2.45) is 5.41 Å². The van der Waals surface area contributed by atoms with Crippen molar-refractivity contribution < 1.29 is 13.9 Å². The smallest absolute Gasteiger partial charge is 0.341 e. The summed E-state index contributed by atoms with van der Waals surface area (Å²) < 4.78 is 18.3. The molecule has 0 saturated carbocycles. The minimum atomic E-state index is -0.749. The van der Waals surface area contributed by atoms with Crippen molar-refractivity contribution >= 4 is 11.7 Å². The standard InChI is InChI=1S/C13H15FN2O2/c1-13(2,8-15)5-6-18-12(17)10-4-3-9(16)7-11(10)14/h3-4,7H,5-6,16H2,1-2H3. The fourth-order valence-corrected chi connectivity index (χ4v) is 1.23. The van der Waals surface area contributed by atoms with Crippen LogP contribution in [-0.2, 0) is 4.74 Å². The molecule has 0 heterocycles. The number of esters is 1. The summed E-state index contributed by atoms with van der Waals surface area (Å²) in [5, 5.41) is 8.79. The topological polar surface area (TPSA) is 76.1 Å². The molecule has 1 aromatic rings. The highest BCUT2D eigenvalue weighted by Gasteiger charge is 2.18. The van der Waals surface area contributed by atoms with Crippen molar-refractivity contribution in [3.05, 3.63) is 29.6 Å². The largest absolute Gasteiger partial charge is 0.462 e. The Labute approximate surface area is 105 Å². The maximum atomic E-state index is 13.4. The van der Waals surface area contributed by atoms with E-state index in [-0.39, 0.29) is 17.9 Å². The lowest BCUT2D eigenvalue weighted by Crippen LogP contribution is -2.15. The molecule has 0 aliphatic carbocycles. The van der Waals surface area contributed by atoms with Gasteiger partial charge in [0.15, 0.2) is 0 Å². The number of nitrogen functional groups attached to an aromatic ring is 1. The summed E-state index contributed by atoms with van der Waals surface area (Å²) in [5.41, 5.74) is 4.90. The summed E-state index contributed by atoms with van der Waals surface area (Å²) in [6.07, 6.45) is 0.395. The van der Waals surface area contributed by atoms with E-state index in [0.29, 0.717) is 6.42 Å². The summed E-state index contributed by atoms with van der Waals surface area (Å²) in [5.74, 6) is -1.46. The summed E-state index contributed by atoms with van der Waals surface area (Å²) in [7, 11) is 0. The van der Waals surface area contributed by atoms with E-state index in [1.165, 1.54) is 12.1 Å². The van der Waals surface area contributed by atoms with Gasteiger partial charge in [-0.25, -0.2) is 9.18 Å². The first-order valence-corrected chi connectivity index (χ1v) is 5.49. The number of anilines is 1. The zero-order valence-electron chi connectivity index (χ0n) is 10.4. The van der Waals surface area contributed by atoms with Gasteiger partial charge in [-0.05, 0) is 38.5 Å². The number of carbonyl (C=O) groups excluding carboxylic acids is 1. The van der Waals surface area contributed by atoms with Crippen molar-refractivity contribution in [3.8, 4) is 6.07 Å². The SMILES string of the molecule is CC(C)(C#N)CCOC(=O)c1ccc(N)cc1F. The number of nitrogens with zero attached hydrogens (tertiary/aromatic N) is 1. The van der Waals surface area contributed by atoms with Crippen LogP contribution in [0.2, 0.25) is 0 Å². The van der Waals surface area contributed by atoms with Gasteiger partial charge in [0, 0.05) is 5.69 Å². The average molecular weight is 250 g/mol. The molecule has 0 atom stereocenters. The Morgan fingerprint density at radius 3 is 2.78 bits per heavy atom. The highest BCUT2D eigenvalue weighted by Crippen LogP contribution is 2.19. The van der Waals surface area contributed by atoms with E-state index in [1.54, 1.807) is 13.8 Å². The van der Waals surface area contributed by atoms with E-state index in [4.69, 9.17) is 15.7 Å². The molecule has 96 valence electrons. The molecule has 0 amide bonds. The number of halogens is 1. The van der Waals surface area contributed by atoms with Crippen LogP contribution in [0.5, 0.6) is 0 Å². The molecule has 1 rings (SSSR count). The van der Waals surface area contributed by atoms with E-state index in [0.717, 1.165) is 6.07 Å². The van der Waals surface area contributed by atoms with Crippen molar-refractivity contribution in [1.82, 2.24) is 0 Å². The lowest BCUT2D eigenvalue weighted by molar-refractivity contribution is 0.0469. The van der Waals surface area contributed by atoms with Crippen LogP contribution in [-0.4, -0.2) is 12.6 Å². The molecule has 0 unspecified atom stereocenters. The fourth-order valence-electron chi connectivity index (χ4n) is 1.23. The quantitative estimate of drug-likeness (QED) is 0.658. The van der Waals surface area contributed by atoms with E-state index >= 15 is 0 Å². The molecule has 0 saturated heterocycles. The predicted molar refractivity (Wildman–Crippen MR) is 65.1 cm³/mol. The van der Waals surface area contributed by atoms with Crippen LogP contribution in [0.1, 0.15) is 30.6 Å². The van der Waals surface area contributed by atoms with Crippen LogP contribution in [0.4, 0.5) is 10.1 Å². The first kappa shape index (κ1) is 14.0. The van der Waals surface area contributed by atoms with Crippen molar-refractivity contribution in [2.45, 2.75) is 20.3 Å². The number of rotatable bonds is 4. The Kier molecular flexibility index (Phi) is 4.27. The van der Waals surface area contributed by atoms with Crippen LogP contribution in [0.25, 0.3) is 0 Å². The molecular weight excluding hydrogens is 235 g/mol. The summed E-state index contributed by atoms with van der Waals surface area (Å²) >= 11 is 0. The molecule has 0 radical (unpaired) electrons. The number of hydrogen-bond acceptors (Lipinski definition) is 4. The number of benzene rings is 1.